The summed E-state index contributed by atoms with van der Waals surface area (Å²) in [5.41, 5.74) is 12.6. The molecule has 0 unspecified atom stereocenters. The molecule has 2 aromatic rings. The van der Waals surface area contributed by atoms with Gasteiger partial charge >= 0.3 is 0 Å². The molecule has 6 nitrogen and oxygen atoms in total. The van der Waals surface area contributed by atoms with Gasteiger partial charge in [-0.15, -0.1) is 0 Å². The van der Waals surface area contributed by atoms with E-state index in [1.807, 2.05) is 18.2 Å². The van der Waals surface area contributed by atoms with Crippen LogP contribution in [0.15, 0.2) is 29.3 Å². The third-order valence-electron chi connectivity index (χ3n) is 3.69. The molecule has 3 rings (SSSR count). The Morgan fingerprint density at radius 2 is 1.95 bits per heavy atom. The predicted molar refractivity (Wildman–Crippen MR) is 80.3 cm³/mol. The van der Waals surface area contributed by atoms with Crippen molar-refractivity contribution in [2.45, 2.75) is 25.7 Å². The molecule has 0 radical (unpaired) electrons. The molecular formula is C15H16N4O2. The van der Waals surface area contributed by atoms with E-state index in [1.54, 1.807) is 6.07 Å². The second kappa shape index (κ2) is 5.05. The number of benzene rings is 1. The Hall–Kier alpha value is -2.63. The molecule has 0 fully saturated rings. The van der Waals surface area contributed by atoms with Gasteiger partial charge in [-0.05, 0) is 30.9 Å². The number of amides is 1. The zero-order valence-corrected chi connectivity index (χ0v) is 11.5. The van der Waals surface area contributed by atoms with E-state index < -0.39 is 5.91 Å². The second-order valence-electron chi connectivity index (χ2n) is 5.16. The molecule has 0 saturated carbocycles. The molecule has 0 saturated heterocycles. The minimum Gasteiger partial charge on any atom is -0.370 e. The van der Waals surface area contributed by atoms with Crippen LogP contribution < -0.4 is 11.5 Å². The van der Waals surface area contributed by atoms with Crippen LogP contribution in [0.1, 0.15) is 40.1 Å². The van der Waals surface area contributed by atoms with Crippen molar-refractivity contribution in [3.05, 3.63) is 35.5 Å². The van der Waals surface area contributed by atoms with Crippen LogP contribution >= 0.6 is 0 Å². The van der Waals surface area contributed by atoms with E-state index in [0.717, 1.165) is 35.7 Å². The fourth-order valence-corrected chi connectivity index (χ4v) is 2.83. The van der Waals surface area contributed by atoms with Crippen LogP contribution in [0.25, 0.3) is 10.9 Å². The minimum absolute atomic E-state index is 0.0914. The van der Waals surface area contributed by atoms with Crippen LogP contribution in [0.2, 0.25) is 0 Å². The summed E-state index contributed by atoms with van der Waals surface area (Å²) in [5.74, 6) is -0.992. The van der Waals surface area contributed by atoms with Gasteiger partial charge in [0.05, 0.1) is 5.52 Å². The molecule has 1 aliphatic rings. The number of aliphatic imine (C=N–C) groups is 1. The third-order valence-corrected chi connectivity index (χ3v) is 3.69. The minimum atomic E-state index is -0.592. The number of nitrogens with two attached hydrogens (primary N) is 2. The Balaban J connectivity index is 2.30. The lowest BCUT2D eigenvalue weighted by atomic mass is 10.0. The summed E-state index contributed by atoms with van der Waals surface area (Å²) in [5, 5.41) is 0.858. The monoisotopic (exact) mass is 284 g/mol. The Labute approximate surface area is 121 Å². The standard InChI is InChI=1S/C15H16N4O2/c16-15(17)18-14(21)11-8-10-6-3-5-9-4-1-2-7-12(20)19(11)13(9)10/h3,5-6,8H,1-2,4,7H2,(H4,16,17,18,21). The van der Waals surface area contributed by atoms with Crippen molar-refractivity contribution in [3.63, 3.8) is 0 Å². The summed E-state index contributed by atoms with van der Waals surface area (Å²) >= 11 is 0. The number of aryl methyl sites for hydroxylation is 1. The quantitative estimate of drug-likeness (QED) is 0.610. The van der Waals surface area contributed by atoms with Crippen LogP contribution in [-0.2, 0) is 6.42 Å². The van der Waals surface area contributed by atoms with E-state index in [0.29, 0.717) is 6.42 Å². The summed E-state index contributed by atoms with van der Waals surface area (Å²) < 4.78 is 1.47. The van der Waals surface area contributed by atoms with Gasteiger partial charge in [0.1, 0.15) is 5.69 Å². The third kappa shape index (κ3) is 2.29. The normalized spacial score (nSPS) is 14.6. The number of nitrogens with zero attached hydrogens (tertiary/aromatic N) is 2. The second-order valence-corrected chi connectivity index (χ2v) is 5.16. The molecule has 1 aromatic carbocycles. The average Bonchev–Trinajstić information content (AvgIpc) is 2.81. The first kappa shape index (κ1) is 13.4. The summed E-state index contributed by atoms with van der Waals surface area (Å²) in [6.07, 6.45) is 3.08. The van der Waals surface area contributed by atoms with Crippen LogP contribution in [0.3, 0.4) is 0 Å². The zero-order valence-electron chi connectivity index (χ0n) is 11.5. The molecule has 0 atom stereocenters. The van der Waals surface area contributed by atoms with Crippen molar-refractivity contribution in [1.82, 2.24) is 4.57 Å². The van der Waals surface area contributed by atoms with Crippen molar-refractivity contribution in [3.8, 4) is 0 Å². The topological polar surface area (TPSA) is 103 Å². The van der Waals surface area contributed by atoms with Crippen LogP contribution in [0.5, 0.6) is 0 Å². The van der Waals surface area contributed by atoms with Gasteiger partial charge in [0.15, 0.2) is 5.96 Å². The van der Waals surface area contributed by atoms with Gasteiger partial charge in [0.25, 0.3) is 5.91 Å². The van der Waals surface area contributed by atoms with E-state index in [2.05, 4.69) is 4.99 Å². The number of carbonyl (C=O) groups is 2. The highest BCUT2D eigenvalue weighted by atomic mass is 16.2. The molecule has 0 bridgehead atoms. The molecule has 6 heteroatoms. The lowest BCUT2D eigenvalue weighted by Gasteiger charge is -2.14. The number of guanidine groups is 1. The summed E-state index contributed by atoms with van der Waals surface area (Å²) in [7, 11) is 0. The average molecular weight is 284 g/mol. The number of carbonyl (C=O) groups excluding carboxylic acids is 2. The van der Waals surface area contributed by atoms with E-state index >= 15 is 0 Å². The first-order valence-electron chi connectivity index (χ1n) is 6.88. The van der Waals surface area contributed by atoms with E-state index in [4.69, 9.17) is 11.5 Å². The van der Waals surface area contributed by atoms with Gasteiger partial charge in [-0.1, -0.05) is 18.2 Å². The Morgan fingerprint density at radius 3 is 2.71 bits per heavy atom. The number of aromatic nitrogens is 1. The highest BCUT2D eigenvalue weighted by Crippen LogP contribution is 2.28. The van der Waals surface area contributed by atoms with Gasteiger partial charge < -0.3 is 11.5 Å². The van der Waals surface area contributed by atoms with Crippen LogP contribution in [0, 0.1) is 0 Å². The van der Waals surface area contributed by atoms with Gasteiger partial charge in [0.2, 0.25) is 5.91 Å². The first-order valence-corrected chi connectivity index (χ1v) is 6.88. The maximum absolute atomic E-state index is 12.4. The fourth-order valence-electron chi connectivity index (χ4n) is 2.83. The molecule has 0 aliphatic carbocycles. The molecule has 1 aromatic heterocycles. The van der Waals surface area contributed by atoms with E-state index in [1.165, 1.54) is 4.57 Å². The first-order chi connectivity index (χ1) is 10.1. The predicted octanol–water partition coefficient (Wildman–Crippen LogP) is 1.42. The summed E-state index contributed by atoms with van der Waals surface area (Å²) in [4.78, 5) is 28.1. The molecule has 108 valence electrons. The van der Waals surface area contributed by atoms with Gasteiger partial charge in [0, 0.05) is 11.8 Å². The van der Waals surface area contributed by atoms with Crippen molar-refractivity contribution < 1.29 is 9.59 Å². The van der Waals surface area contributed by atoms with E-state index in [9.17, 15) is 9.59 Å². The molecule has 1 aliphatic heterocycles. The SMILES string of the molecule is NC(N)=NC(=O)c1cc2cccc3c2n1C(=O)CCCC3. The molecule has 0 spiro atoms. The maximum atomic E-state index is 12.4. The molecule has 21 heavy (non-hydrogen) atoms. The van der Waals surface area contributed by atoms with Crippen molar-refractivity contribution >= 4 is 28.7 Å². The molecular weight excluding hydrogens is 268 g/mol. The Kier molecular flexibility index (Phi) is 3.21. The van der Waals surface area contributed by atoms with Gasteiger partial charge in [-0.2, -0.15) is 4.99 Å². The molecule has 2 heterocycles. The van der Waals surface area contributed by atoms with Gasteiger partial charge in [-0.3, -0.25) is 14.2 Å². The molecule has 4 N–H and O–H groups in total. The maximum Gasteiger partial charge on any atom is 0.297 e. The summed E-state index contributed by atoms with van der Waals surface area (Å²) in [6, 6.07) is 7.49. The van der Waals surface area contributed by atoms with Crippen molar-refractivity contribution in [2.24, 2.45) is 16.5 Å². The Bertz CT molecular complexity index is 769. The van der Waals surface area contributed by atoms with E-state index in [-0.39, 0.29) is 17.6 Å². The fraction of sp³-hybridized carbons (Fsp3) is 0.267. The van der Waals surface area contributed by atoms with Crippen molar-refractivity contribution in [1.29, 1.82) is 0 Å². The Morgan fingerprint density at radius 1 is 1.19 bits per heavy atom. The number of rotatable bonds is 1. The number of para-hydroxylation sites is 1. The summed E-state index contributed by atoms with van der Waals surface area (Å²) in [6.45, 7) is 0. The van der Waals surface area contributed by atoms with Crippen LogP contribution in [-0.4, -0.2) is 22.3 Å². The number of hydrogen-bond donors (Lipinski definition) is 2. The lowest BCUT2D eigenvalue weighted by Crippen LogP contribution is -2.25. The smallest absolute Gasteiger partial charge is 0.297 e. The highest BCUT2D eigenvalue weighted by Gasteiger charge is 2.23. The lowest BCUT2D eigenvalue weighted by molar-refractivity contribution is 0.0879. The van der Waals surface area contributed by atoms with Gasteiger partial charge in [-0.25, -0.2) is 0 Å². The number of hydrogen-bond acceptors (Lipinski definition) is 2. The largest absolute Gasteiger partial charge is 0.370 e. The van der Waals surface area contributed by atoms with Crippen LogP contribution in [0.4, 0.5) is 0 Å². The highest BCUT2D eigenvalue weighted by molar-refractivity contribution is 6.08. The zero-order chi connectivity index (χ0) is 15.0. The molecule has 1 amide bonds. The van der Waals surface area contributed by atoms with Crippen molar-refractivity contribution in [2.75, 3.05) is 0 Å².